The van der Waals surface area contributed by atoms with Gasteiger partial charge in [0.25, 0.3) is 0 Å². The smallest absolute Gasteiger partial charge is 0.183 e. The Morgan fingerprint density at radius 1 is 1.26 bits per heavy atom. The van der Waals surface area contributed by atoms with E-state index >= 15 is 0 Å². The number of halogens is 1. The van der Waals surface area contributed by atoms with E-state index in [4.69, 9.17) is 0 Å². The molecule has 0 aliphatic carbocycles. The molecule has 2 nitrogen and oxygen atoms in total. The Balaban J connectivity index is 1.93. The minimum absolute atomic E-state index is 0.489. The molecule has 0 aliphatic heterocycles. The van der Waals surface area contributed by atoms with Gasteiger partial charge in [0.1, 0.15) is 0 Å². The van der Waals surface area contributed by atoms with Crippen molar-refractivity contribution in [2.45, 2.75) is 46.1 Å². The Morgan fingerprint density at radius 3 is 2.79 bits per heavy atom. The Hall–Kier alpha value is -0.610. The van der Waals surface area contributed by atoms with Gasteiger partial charge in [-0.3, -0.25) is 0 Å². The summed E-state index contributed by atoms with van der Waals surface area (Å²) in [7, 11) is 0. The first kappa shape index (κ1) is 14.8. The van der Waals surface area contributed by atoms with E-state index in [9.17, 15) is 0 Å². The third kappa shape index (κ3) is 4.46. The van der Waals surface area contributed by atoms with E-state index in [2.05, 4.69) is 59.1 Å². The molecule has 19 heavy (non-hydrogen) atoms. The lowest BCUT2D eigenvalue weighted by Crippen LogP contribution is -2.14. The number of nitrogens with one attached hydrogen (secondary N) is 1. The van der Waals surface area contributed by atoms with Gasteiger partial charge in [0, 0.05) is 10.5 Å². The van der Waals surface area contributed by atoms with Crippen molar-refractivity contribution in [3.8, 4) is 0 Å². The summed E-state index contributed by atoms with van der Waals surface area (Å²) in [6, 6.07) is 6.71. The molecule has 2 aromatic rings. The average molecular weight is 341 g/mol. The predicted molar refractivity (Wildman–Crippen MR) is 89.1 cm³/mol. The highest BCUT2D eigenvalue weighted by molar-refractivity contribution is 9.10. The number of hydrogen-bond acceptors (Lipinski definition) is 3. The van der Waals surface area contributed by atoms with E-state index in [1.807, 2.05) is 6.07 Å². The van der Waals surface area contributed by atoms with Crippen molar-refractivity contribution in [3.05, 3.63) is 22.7 Å². The van der Waals surface area contributed by atoms with Gasteiger partial charge < -0.3 is 5.32 Å². The zero-order valence-electron chi connectivity index (χ0n) is 11.7. The van der Waals surface area contributed by atoms with Gasteiger partial charge in [-0.25, -0.2) is 4.98 Å². The van der Waals surface area contributed by atoms with Crippen molar-refractivity contribution in [2.24, 2.45) is 5.92 Å². The second kappa shape index (κ2) is 6.71. The van der Waals surface area contributed by atoms with Crippen molar-refractivity contribution in [1.29, 1.82) is 0 Å². The fourth-order valence-corrected chi connectivity index (χ4v) is 3.60. The van der Waals surface area contributed by atoms with Gasteiger partial charge >= 0.3 is 0 Å². The van der Waals surface area contributed by atoms with E-state index in [1.54, 1.807) is 11.3 Å². The summed E-state index contributed by atoms with van der Waals surface area (Å²) < 4.78 is 2.34. The van der Waals surface area contributed by atoms with Crippen LogP contribution in [0.4, 0.5) is 5.13 Å². The molecular weight excluding hydrogens is 320 g/mol. The maximum atomic E-state index is 4.62. The van der Waals surface area contributed by atoms with Crippen LogP contribution in [-0.4, -0.2) is 11.0 Å². The fraction of sp³-hybridized carbons (Fsp3) is 0.533. The first-order valence-corrected chi connectivity index (χ1v) is 8.48. The summed E-state index contributed by atoms with van der Waals surface area (Å²) in [5, 5.41) is 4.55. The molecule has 4 heteroatoms. The summed E-state index contributed by atoms with van der Waals surface area (Å²) in [6.45, 7) is 6.80. The zero-order chi connectivity index (χ0) is 13.8. The van der Waals surface area contributed by atoms with Crippen molar-refractivity contribution >= 4 is 42.6 Å². The Kier molecular flexibility index (Phi) is 5.22. The van der Waals surface area contributed by atoms with Gasteiger partial charge in [-0.2, -0.15) is 0 Å². The predicted octanol–water partition coefficient (Wildman–Crippen LogP) is 5.69. The normalized spacial score (nSPS) is 13.1. The second-order valence-corrected chi connectivity index (χ2v) is 7.45. The van der Waals surface area contributed by atoms with Crippen LogP contribution in [0.25, 0.3) is 10.2 Å². The summed E-state index contributed by atoms with van der Waals surface area (Å²) in [5.41, 5.74) is 1.07. The quantitative estimate of drug-likeness (QED) is 0.730. The summed E-state index contributed by atoms with van der Waals surface area (Å²) in [5.74, 6) is 0.798. The van der Waals surface area contributed by atoms with Crippen LogP contribution < -0.4 is 5.32 Å². The van der Waals surface area contributed by atoms with Crippen molar-refractivity contribution < 1.29 is 0 Å². The maximum Gasteiger partial charge on any atom is 0.183 e. The number of nitrogens with zero attached hydrogens (tertiary/aromatic N) is 1. The molecule has 104 valence electrons. The molecule has 0 spiro atoms. The van der Waals surface area contributed by atoms with Crippen LogP contribution in [0, 0.1) is 5.92 Å². The lowest BCUT2D eigenvalue weighted by atomic mass is 10.0. The monoisotopic (exact) mass is 340 g/mol. The summed E-state index contributed by atoms with van der Waals surface area (Å²) in [4.78, 5) is 4.62. The molecule has 0 saturated carbocycles. The van der Waals surface area contributed by atoms with Crippen LogP contribution in [-0.2, 0) is 0 Å². The molecule has 1 aromatic heterocycles. The summed E-state index contributed by atoms with van der Waals surface area (Å²) >= 11 is 5.23. The van der Waals surface area contributed by atoms with E-state index in [1.165, 1.54) is 24.0 Å². The number of rotatable bonds is 6. The van der Waals surface area contributed by atoms with Gasteiger partial charge in [-0.1, -0.05) is 54.0 Å². The van der Waals surface area contributed by atoms with Crippen LogP contribution in [0.2, 0.25) is 0 Å². The van der Waals surface area contributed by atoms with E-state index in [0.717, 1.165) is 21.0 Å². The second-order valence-electron chi connectivity index (χ2n) is 5.50. The molecule has 0 amide bonds. The Bertz CT molecular complexity index is 536. The standard InChI is InChI=1S/C15H21BrN2S/c1-10(2)5-4-6-11(3)17-15-18-13-8-7-12(16)9-14(13)19-15/h7-11H,4-6H2,1-3H3,(H,17,18). The van der Waals surface area contributed by atoms with Gasteiger partial charge in [-0.05, 0) is 37.5 Å². The lowest BCUT2D eigenvalue weighted by molar-refractivity contribution is 0.520. The lowest BCUT2D eigenvalue weighted by Gasteiger charge is -2.13. The largest absolute Gasteiger partial charge is 0.359 e. The van der Waals surface area contributed by atoms with Gasteiger partial charge in [-0.15, -0.1) is 0 Å². The molecule has 1 N–H and O–H groups in total. The molecule has 0 radical (unpaired) electrons. The SMILES string of the molecule is CC(C)CCCC(C)Nc1nc2ccc(Br)cc2s1. The number of thiazole rings is 1. The molecular formula is C15H21BrN2S. The van der Waals surface area contributed by atoms with Gasteiger partial charge in [0.15, 0.2) is 5.13 Å². The molecule has 1 unspecified atom stereocenters. The molecule has 1 aromatic carbocycles. The van der Waals surface area contributed by atoms with Crippen molar-refractivity contribution in [3.63, 3.8) is 0 Å². The van der Waals surface area contributed by atoms with E-state index in [0.29, 0.717) is 6.04 Å². The summed E-state index contributed by atoms with van der Waals surface area (Å²) in [6.07, 6.45) is 3.79. The third-order valence-electron chi connectivity index (χ3n) is 3.14. The van der Waals surface area contributed by atoms with Crippen LogP contribution in [0.5, 0.6) is 0 Å². The topological polar surface area (TPSA) is 24.9 Å². The Labute approximate surface area is 127 Å². The Morgan fingerprint density at radius 2 is 2.05 bits per heavy atom. The van der Waals surface area contributed by atoms with Crippen molar-refractivity contribution in [1.82, 2.24) is 4.98 Å². The average Bonchev–Trinajstić information content (AvgIpc) is 2.69. The minimum atomic E-state index is 0.489. The molecule has 0 bridgehead atoms. The first-order valence-electron chi connectivity index (χ1n) is 6.87. The van der Waals surface area contributed by atoms with Crippen LogP contribution in [0.1, 0.15) is 40.0 Å². The number of anilines is 1. The third-order valence-corrected chi connectivity index (χ3v) is 4.58. The fourth-order valence-electron chi connectivity index (χ4n) is 2.08. The number of benzene rings is 1. The van der Waals surface area contributed by atoms with Gasteiger partial charge in [0.2, 0.25) is 0 Å². The first-order chi connectivity index (χ1) is 9.04. The zero-order valence-corrected chi connectivity index (χ0v) is 14.1. The molecule has 0 fully saturated rings. The minimum Gasteiger partial charge on any atom is -0.359 e. The number of hydrogen-bond donors (Lipinski definition) is 1. The number of aromatic nitrogens is 1. The molecule has 1 heterocycles. The molecule has 0 saturated heterocycles. The van der Waals surface area contributed by atoms with E-state index < -0.39 is 0 Å². The van der Waals surface area contributed by atoms with E-state index in [-0.39, 0.29) is 0 Å². The van der Waals surface area contributed by atoms with Crippen LogP contribution >= 0.6 is 27.3 Å². The molecule has 2 rings (SSSR count). The van der Waals surface area contributed by atoms with Crippen LogP contribution in [0.15, 0.2) is 22.7 Å². The maximum absolute atomic E-state index is 4.62. The number of fused-ring (bicyclic) bond motifs is 1. The highest BCUT2D eigenvalue weighted by Gasteiger charge is 2.08. The highest BCUT2D eigenvalue weighted by atomic mass is 79.9. The van der Waals surface area contributed by atoms with Crippen molar-refractivity contribution in [2.75, 3.05) is 5.32 Å². The van der Waals surface area contributed by atoms with Gasteiger partial charge in [0.05, 0.1) is 10.2 Å². The molecule has 1 atom stereocenters. The van der Waals surface area contributed by atoms with Crippen LogP contribution in [0.3, 0.4) is 0 Å². The molecule has 0 aliphatic rings. The highest BCUT2D eigenvalue weighted by Crippen LogP contribution is 2.29.